The summed E-state index contributed by atoms with van der Waals surface area (Å²) in [6.07, 6.45) is 0. The van der Waals surface area contributed by atoms with Gasteiger partial charge in [0.1, 0.15) is 0 Å². The van der Waals surface area contributed by atoms with Gasteiger partial charge in [0.05, 0.1) is 0 Å². The van der Waals surface area contributed by atoms with Crippen LogP contribution in [0.15, 0.2) is 30.3 Å². The van der Waals surface area contributed by atoms with Gasteiger partial charge in [0, 0.05) is 0 Å². The third kappa shape index (κ3) is 2.36. The highest BCUT2D eigenvalue weighted by Crippen LogP contribution is 2.30. The van der Waals surface area contributed by atoms with Crippen molar-refractivity contribution in [2.45, 2.75) is 46.5 Å². The molecule has 0 aliphatic rings. The minimum atomic E-state index is 0.582. The topological polar surface area (TPSA) is 0 Å². The zero-order valence-corrected chi connectivity index (χ0v) is 11.5. The molecular formula is C17H22. The van der Waals surface area contributed by atoms with E-state index in [1.807, 2.05) is 0 Å². The van der Waals surface area contributed by atoms with E-state index in [1.165, 1.54) is 27.5 Å². The maximum absolute atomic E-state index is 2.38. The Kier molecular flexibility index (Phi) is 3.24. The van der Waals surface area contributed by atoms with Crippen molar-refractivity contribution in [3.8, 4) is 0 Å². The second-order valence-corrected chi connectivity index (χ2v) is 5.64. The molecule has 0 fully saturated rings. The summed E-state index contributed by atoms with van der Waals surface area (Å²) in [5.41, 5.74) is 4.27. The van der Waals surface area contributed by atoms with E-state index in [9.17, 15) is 0 Å². The molecule has 0 heterocycles. The third-order valence-corrected chi connectivity index (χ3v) is 3.45. The van der Waals surface area contributed by atoms with Crippen molar-refractivity contribution in [1.29, 1.82) is 0 Å². The Bertz CT molecular complexity index is 533. The van der Waals surface area contributed by atoms with E-state index < -0.39 is 0 Å². The number of hydrogen-bond donors (Lipinski definition) is 0. The Morgan fingerprint density at radius 3 is 2.12 bits per heavy atom. The average Bonchev–Trinajstić information content (AvgIpc) is 2.26. The standard InChI is InChI=1S/C17H22/c1-11(2)14-9-15-8-13(5)6-7-16(15)17(10-14)12(3)4/h6-12H,1-5H3. The van der Waals surface area contributed by atoms with Gasteiger partial charge in [0.25, 0.3) is 0 Å². The highest BCUT2D eigenvalue weighted by molar-refractivity contribution is 5.87. The lowest BCUT2D eigenvalue weighted by Crippen LogP contribution is -1.95. The monoisotopic (exact) mass is 226 g/mol. The van der Waals surface area contributed by atoms with E-state index in [0.717, 1.165) is 0 Å². The zero-order chi connectivity index (χ0) is 12.6. The highest BCUT2D eigenvalue weighted by atomic mass is 14.1. The largest absolute Gasteiger partial charge is 0.0587 e. The minimum absolute atomic E-state index is 0.582. The Balaban J connectivity index is 2.76. The first-order chi connectivity index (χ1) is 7.99. The van der Waals surface area contributed by atoms with Crippen molar-refractivity contribution in [2.24, 2.45) is 0 Å². The molecule has 0 saturated carbocycles. The van der Waals surface area contributed by atoms with Gasteiger partial charge < -0.3 is 0 Å². The Labute approximate surface area is 105 Å². The number of aryl methyl sites for hydroxylation is 1. The van der Waals surface area contributed by atoms with Gasteiger partial charge in [0.2, 0.25) is 0 Å². The van der Waals surface area contributed by atoms with Crippen LogP contribution in [0.3, 0.4) is 0 Å². The van der Waals surface area contributed by atoms with E-state index in [0.29, 0.717) is 11.8 Å². The molecule has 0 radical (unpaired) electrons. The van der Waals surface area contributed by atoms with Crippen molar-refractivity contribution in [3.05, 3.63) is 47.0 Å². The van der Waals surface area contributed by atoms with Gasteiger partial charge in [-0.15, -0.1) is 0 Å². The zero-order valence-electron chi connectivity index (χ0n) is 11.5. The van der Waals surface area contributed by atoms with E-state index in [2.05, 4.69) is 65.0 Å². The Hall–Kier alpha value is -1.30. The molecule has 2 rings (SSSR count). The molecule has 0 saturated heterocycles. The molecule has 17 heavy (non-hydrogen) atoms. The summed E-state index contributed by atoms with van der Waals surface area (Å²) in [6, 6.07) is 11.5. The van der Waals surface area contributed by atoms with Crippen LogP contribution in [0.1, 0.15) is 56.2 Å². The van der Waals surface area contributed by atoms with Crippen LogP contribution in [0.4, 0.5) is 0 Å². The van der Waals surface area contributed by atoms with E-state index in [1.54, 1.807) is 0 Å². The fourth-order valence-corrected chi connectivity index (χ4v) is 2.35. The van der Waals surface area contributed by atoms with Gasteiger partial charge in [-0.3, -0.25) is 0 Å². The third-order valence-electron chi connectivity index (χ3n) is 3.45. The molecule has 90 valence electrons. The lowest BCUT2D eigenvalue weighted by molar-refractivity contribution is 0.841. The van der Waals surface area contributed by atoms with Crippen molar-refractivity contribution in [3.63, 3.8) is 0 Å². The van der Waals surface area contributed by atoms with E-state index >= 15 is 0 Å². The van der Waals surface area contributed by atoms with Gasteiger partial charge in [-0.05, 0) is 40.7 Å². The van der Waals surface area contributed by atoms with Crippen molar-refractivity contribution in [2.75, 3.05) is 0 Å². The van der Waals surface area contributed by atoms with Gasteiger partial charge in [-0.1, -0.05) is 63.6 Å². The maximum Gasteiger partial charge on any atom is -0.0149 e. The minimum Gasteiger partial charge on any atom is -0.0587 e. The molecule has 0 spiro atoms. The van der Waals surface area contributed by atoms with Gasteiger partial charge >= 0.3 is 0 Å². The smallest absolute Gasteiger partial charge is 0.0149 e. The summed E-state index contributed by atoms with van der Waals surface area (Å²) in [4.78, 5) is 0. The van der Waals surface area contributed by atoms with Gasteiger partial charge in [-0.25, -0.2) is 0 Å². The summed E-state index contributed by atoms with van der Waals surface area (Å²) in [5.74, 6) is 1.18. The average molecular weight is 226 g/mol. The van der Waals surface area contributed by atoms with Crippen molar-refractivity contribution < 1.29 is 0 Å². The molecule has 0 heteroatoms. The van der Waals surface area contributed by atoms with Crippen LogP contribution in [-0.4, -0.2) is 0 Å². The second kappa shape index (κ2) is 4.52. The summed E-state index contributed by atoms with van der Waals surface area (Å²) in [6.45, 7) is 11.2. The molecule has 0 aliphatic carbocycles. The quantitative estimate of drug-likeness (QED) is 0.643. The molecule has 2 aromatic carbocycles. The van der Waals surface area contributed by atoms with Crippen LogP contribution in [0, 0.1) is 6.92 Å². The van der Waals surface area contributed by atoms with Gasteiger partial charge in [0.15, 0.2) is 0 Å². The van der Waals surface area contributed by atoms with Crippen LogP contribution in [0.25, 0.3) is 10.8 Å². The number of rotatable bonds is 2. The molecule has 0 nitrogen and oxygen atoms in total. The molecule has 0 aliphatic heterocycles. The molecule has 0 unspecified atom stereocenters. The van der Waals surface area contributed by atoms with Crippen LogP contribution in [-0.2, 0) is 0 Å². The van der Waals surface area contributed by atoms with Gasteiger partial charge in [-0.2, -0.15) is 0 Å². The predicted octanol–water partition coefficient (Wildman–Crippen LogP) is 5.40. The molecule has 0 amide bonds. The number of benzene rings is 2. The molecule has 0 N–H and O–H groups in total. The summed E-state index contributed by atoms with van der Waals surface area (Å²) in [5, 5.41) is 2.80. The first-order valence-electron chi connectivity index (χ1n) is 6.53. The summed E-state index contributed by atoms with van der Waals surface area (Å²) in [7, 11) is 0. The first-order valence-corrected chi connectivity index (χ1v) is 6.53. The van der Waals surface area contributed by atoms with E-state index in [-0.39, 0.29) is 0 Å². The van der Waals surface area contributed by atoms with Crippen LogP contribution >= 0.6 is 0 Å². The first kappa shape index (κ1) is 12.2. The molecular weight excluding hydrogens is 204 g/mol. The fourth-order valence-electron chi connectivity index (χ4n) is 2.35. The lowest BCUT2D eigenvalue weighted by Gasteiger charge is -2.15. The molecule has 0 aromatic heterocycles. The normalized spacial score (nSPS) is 11.7. The Morgan fingerprint density at radius 1 is 0.824 bits per heavy atom. The lowest BCUT2D eigenvalue weighted by atomic mass is 9.90. The van der Waals surface area contributed by atoms with Crippen LogP contribution < -0.4 is 0 Å². The molecule has 0 bridgehead atoms. The number of hydrogen-bond acceptors (Lipinski definition) is 0. The van der Waals surface area contributed by atoms with Crippen LogP contribution in [0.2, 0.25) is 0 Å². The van der Waals surface area contributed by atoms with Crippen molar-refractivity contribution >= 4 is 10.8 Å². The Morgan fingerprint density at radius 2 is 1.53 bits per heavy atom. The highest BCUT2D eigenvalue weighted by Gasteiger charge is 2.09. The predicted molar refractivity (Wildman–Crippen MR) is 76.9 cm³/mol. The molecule has 2 aromatic rings. The maximum atomic E-state index is 2.38. The van der Waals surface area contributed by atoms with E-state index in [4.69, 9.17) is 0 Å². The number of fused-ring (bicyclic) bond motifs is 1. The van der Waals surface area contributed by atoms with Crippen LogP contribution in [0.5, 0.6) is 0 Å². The SMILES string of the molecule is Cc1ccc2c(C(C)C)cc(C(C)C)cc2c1. The van der Waals surface area contributed by atoms with Crippen molar-refractivity contribution in [1.82, 2.24) is 0 Å². The molecule has 0 atom stereocenters. The summed E-state index contributed by atoms with van der Waals surface area (Å²) < 4.78 is 0. The second-order valence-electron chi connectivity index (χ2n) is 5.64. The summed E-state index contributed by atoms with van der Waals surface area (Å²) >= 11 is 0. The fraction of sp³-hybridized carbons (Fsp3) is 0.412.